The zero-order valence-corrected chi connectivity index (χ0v) is 26.6. The van der Waals surface area contributed by atoms with Crippen LogP contribution in [0.15, 0.2) is 167 Å². The summed E-state index contributed by atoms with van der Waals surface area (Å²) in [5.74, 6) is 2.48. The number of aromatic nitrogens is 4. The smallest absolute Gasteiger partial charge is 0.227 e. The highest BCUT2D eigenvalue weighted by molar-refractivity contribution is 6.09. The fourth-order valence-corrected chi connectivity index (χ4v) is 6.75. The Morgan fingerprint density at radius 2 is 0.860 bits per heavy atom. The van der Waals surface area contributed by atoms with E-state index in [9.17, 15) is 0 Å². The van der Waals surface area contributed by atoms with E-state index in [0.717, 1.165) is 77.2 Å². The molecule has 0 amide bonds. The summed E-state index contributed by atoms with van der Waals surface area (Å²) in [7, 11) is 0. The lowest BCUT2D eigenvalue weighted by atomic mass is 9.95. The van der Waals surface area contributed by atoms with E-state index < -0.39 is 0 Å². The fourth-order valence-electron chi connectivity index (χ4n) is 6.75. The zero-order valence-electron chi connectivity index (χ0n) is 26.6. The number of furan rings is 1. The number of nitrogens with zero attached hydrogens (tertiary/aromatic N) is 4. The van der Waals surface area contributed by atoms with Crippen molar-refractivity contribution in [2.45, 2.75) is 0 Å². The predicted octanol–water partition coefficient (Wildman–Crippen LogP) is 11.4. The Morgan fingerprint density at radius 3 is 1.54 bits per heavy atom. The summed E-state index contributed by atoms with van der Waals surface area (Å²) in [6.45, 7) is 0. The van der Waals surface area contributed by atoms with Crippen molar-refractivity contribution in [2.75, 3.05) is 0 Å². The standard InChI is InChI=1S/C44H26N4O2/c1-3-11-28(12-4-1)41-46-42(29-13-5-2-6-14-29)48-43(47-41)30-23-21-27(22-24-30)31-16-9-18-33-32(31)17-10-19-35(33)44-45-37-26-39-36(25-40(37)50-44)34-15-7-8-20-38(34)49-39/h1-26H. The molecule has 0 bridgehead atoms. The predicted molar refractivity (Wildman–Crippen MR) is 199 cm³/mol. The molecular weight excluding hydrogens is 617 g/mol. The van der Waals surface area contributed by atoms with Gasteiger partial charge in [-0.1, -0.05) is 133 Å². The maximum absolute atomic E-state index is 6.41. The molecule has 0 N–H and O–H groups in total. The number of hydrogen-bond donors (Lipinski definition) is 0. The maximum atomic E-state index is 6.41. The number of hydrogen-bond acceptors (Lipinski definition) is 6. The Morgan fingerprint density at radius 1 is 0.320 bits per heavy atom. The molecule has 50 heavy (non-hydrogen) atoms. The Kier molecular flexibility index (Phi) is 6.39. The van der Waals surface area contributed by atoms with E-state index in [2.05, 4.69) is 66.7 Å². The van der Waals surface area contributed by atoms with Gasteiger partial charge < -0.3 is 8.83 Å². The van der Waals surface area contributed by atoms with Gasteiger partial charge >= 0.3 is 0 Å². The van der Waals surface area contributed by atoms with Crippen LogP contribution in [0, 0.1) is 0 Å². The third-order valence-corrected chi connectivity index (χ3v) is 9.19. The van der Waals surface area contributed by atoms with Crippen LogP contribution in [-0.4, -0.2) is 19.9 Å². The molecule has 0 saturated carbocycles. The van der Waals surface area contributed by atoms with E-state index in [1.807, 2.05) is 91.0 Å². The monoisotopic (exact) mass is 642 g/mol. The van der Waals surface area contributed by atoms with Crippen LogP contribution in [-0.2, 0) is 0 Å². The van der Waals surface area contributed by atoms with Crippen molar-refractivity contribution >= 4 is 43.8 Å². The maximum Gasteiger partial charge on any atom is 0.227 e. The summed E-state index contributed by atoms with van der Waals surface area (Å²) in [6.07, 6.45) is 0. The third-order valence-electron chi connectivity index (χ3n) is 9.19. The van der Waals surface area contributed by atoms with Gasteiger partial charge in [0.15, 0.2) is 23.1 Å². The summed E-state index contributed by atoms with van der Waals surface area (Å²) in [4.78, 5) is 19.5. The van der Waals surface area contributed by atoms with Gasteiger partial charge in [0, 0.05) is 39.1 Å². The van der Waals surface area contributed by atoms with Crippen LogP contribution in [0.2, 0.25) is 0 Å². The second kappa shape index (κ2) is 11.4. The topological polar surface area (TPSA) is 77.8 Å². The van der Waals surface area contributed by atoms with Gasteiger partial charge in [0.25, 0.3) is 0 Å². The van der Waals surface area contributed by atoms with Crippen molar-refractivity contribution in [3.05, 3.63) is 158 Å². The quantitative estimate of drug-likeness (QED) is 0.186. The second-order valence-electron chi connectivity index (χ2n) is 12.3. The Hall–Kier alpha value is -6.92. The number of para-hydroxylation sites is 1. The van der Waals surface area contributed by atoms with Gasteiger partial charge in [-0.15, -0.1) is 0 Å². The van der Waals surface area contributed by atoms with Crippen LogP contribution >= 0.6 is 0 Å². The van der Waals surface area contributed by atoms with Gasteiger partial charge in [-0.2, -0.15) is 0 Å². The lowest BCUT2D eigenvalue weighted by Gasteiger charge is -2.11. The van der Waals surface area contributed by atoms with Gasteiger partial charge in [-0.05, 0) is 40.1 Å². The molecule has 0 aliphatic carbocycles. The van der Waals surface area contributed by atoms with E-state index in [0.29, 0.717) is 23.4 Å². The van der Waals surface area contributed by atoms with Gasteiger partial charge in [-0.3, -0.25) is 0 Å². The number of fused-ring (bicyclic) bond motifs is 5. The van der Waals surface area contributed by atoms with Crippen LogP contribution in [0.25, 0.3) is 101 Å². The second-order valence-corrected chi connectivity index (χ2v) is 12.3. The lowest BCUT2D eigenvalue weighted by molar-refractivity contribution is 0.621. The fraction of sp³-hybridized carbons (Fsp3) is 0. The lowest BCUT2D eigenvalue weighted by Crippen LogP contribution is -2.00. The molecule has 0 spiro atoms. The van der Waals surface area contributed by atoms with Crippen molar-refractivity contribution in [2.24, 2.45) is 0 Å². The molecule has 6 heteroatoms. The van der Waals surface area contributed by atoms with Crippen LogP contribution in [0.5, 0.6) is 0 Å². The van der Waals surface area contributed by atoms with Crippen molar-refractivity contribution in [3.63, 3.8) is 0 Å². The highest BCUT2D eigenvalue weighted by atomic mass is 16.4. The SMILES string of the molecule is c1ccc(-c2nc(-c3ccccc3)nc(-c3ccc(-c4cccc5c(-c6nc7cc8oc9ccccc9c8cc7o6)cccc45)cc3)n2)cc1. The molecule has 6 nitrogen and oxygen atoms in total. The number of rotatable bonds is 5. The molecule has 3 aromatic heterocycles. The van der Waals surface area contributed by atoms with E-state index in [1.165, 1.54) is 0 Å². The summed E-state index contributed by atoms with van der Waals surface area (Å²) in [6, 6.07) is 53.1. The molecule has 0 atom stereocenters. The number of oxazole rings is 1. The van der Waals surface area contributed by atoms with Crippen LogP contribution in [0.3, 0.4) is 0 Å². The van der Waals surface area contributed by atoms with E-state index in [-0.39, 0.29) is 0 Å². The normalized spacial score (nSPS) is 11.6. The molecule has 0 aliphatic heterocycles. The Labute approximate surface area is 286 Å². The molecule has 0 unspecified atom stereocenters. The molecule has 0 radical (unpaired) electrons. The van der Waals surface area contributed by atoms with Crippen molar-refractivity contribution in [1.82, 2.24) is 19.9 Å². The van der Waals surface area contributed by atoms with Gasteiger partial charge in [0.1, 0.15) is 16.7 Å². The molecule has 7 aromatic carbocycles. The minimum absolute atomic E-state index is 0.577. The zero-order chi connectivity index (χ0) is 33.0. The first kappa shape index (κ1) is 28.1. The molecule has 234 valence electrons. The summed E-state index contributed by atoms with van der Waals surface area (Å²) in [5, 5.41) is 4.25. The Bertz CT molecular complexity index is 2800. The summed E-state index contributed by atoms with van der Waals surface area (Å²) < 4.78 is 12.5. The molecule has 0 fully saturated rings. The Balaban J connectivity index is 1.04. The summed E-state index contributed by atoms with van der Waals surface area (Å²) >= 11 is 0. The van der Waals surface area contributed by atoms with Gasteiger partial charge in [-0.25, -0.2) is 19.9 Å². The minimum Gasteiger partial charge on any atom is -0.456 e. The first-order valence-corrected chi connectivity index (χ1v) is 16.5. The van der Waals surface area contributed by atoms with Gasteiger partial charge in [0.05, 0.1) is 0 Å². The highest BCUT2D eigenvalue weighted by Gasteiger charge is 2.17. The third kappa shape index (κ3) is 4.73. The van der Waals surface area contributed by atoms with Crippen LogP contribution in [0.1, 0.15) is 0 Å². The molecule has 0 aliphatic rings. The van der Waals surface area contributed by atoms with Crippen molar-refractivity contribution in [3.8, 4) is 56.7 Å². The molecule has 0 saturated heterocycles. The largest absolute Gasteiger partial charge is 0.456 e. The molecular formula is C44H26N4O2. The molecule has 10 rings (SSSR count). The van der Waals surface area contributed by atoms with E-state index in [4.69, 9.17) is 28.8 Å². The first-order chi connectivity index (χ1) is 24.7. The van der Waals surface area contributed by atoms with E-state index in [1.54, 1.807) is 0 Å². The van der Waals surface area contributed by atoms with Crippen molar-refractivity contribution < 1.29 is 8.83 Å². The average Bonchev–Trinajstić information content (AvgIpc) is 3.77. The number of benzene rings is 7. The van der Waals surface area contributed by atoms with E-state index >= 15 is 0 Å². The molecule has 3 heterocycles. The van der Waals surface area contributed by atoms with Crippen LogP contribution in [0.4, 0.5) is 0 Å². The minimum atomic E-state index is 0.577. The summed E-state index contributed by atoms with van der Waals surface area (Å²) in [5.41, 5.74) is 9.08. The average molecular weight is 643 g/mol. The van der Waals surface area contributed by atoms with Crippen molar-refractivity contribution in [1.29, 1.82) is 0 Å². The van der Waals surface area contributed by atoms with Crippen LogP contribution < -0.4 is 0 Å². The first-order valence-electron chi connectivity index (χ1n) is 16.5. The highest BCUT2D eigenvalue weighted by Crippen LogP contribution is 2.38. The van der Waals surface area contributed by atoms with Gasteiger partial charge in [0.2, 0.25) is 5.89 Å². The molecule has 10 aromatic rings.